The molecular weight excluding hydrogens is 308 g/mol. The van der Waals surface area contributed by atoms with Crippen LogP contribution in [-0.4, -0.2) is 26.9 Å². The van der Waals surface area contributed by atoms with Crippen LogP contribution in [0.25, 0.3) is 0 Å². The van der Waals surface area contributed by atoms with Gasteiger partial charge in [0.2, 0.25) is 5.91 Å². The second-order valence-electron chi connectivity index (χ2n) is 4.59. The number of benzene rings is 1. The first-order valence-electron chi connectivity index (χ1n) is 6.18. The molecule has 0 fully saturated rings. The summed E-state index contributed by atoms with van der Waals surface area (Å²) in [7, 11) is -3.56. The number of hydrogen-bond acceptors (Lipinski definition) is 7. The molecule has 1 aliphatic rings. The Balaban J connectivity index is 2.20. The predicted octanol–water partition coefficient (Wildman–Crippen LogP) is -1.11. The summed E-state index contributed by atoms with van der Waals surface area (Å²) in [6.45, 7) is 3.14. The molecule has 22 heavy (non-hydrogen) atoms. The van der Waals surface area contributed by atoms with Crippen molar-refractivity contribution in [1.29, 1.82) is 0 Å². The molecule has 9 nitrogen and oxygen atoms in total. The van der Waals surface area contributed by atoms with E-state index in [2.05, 4.69) is 27.3 Å². The second-order valence-corrected chi connectivity index (χ2v) is 6.28. The van der Waals surface area contributed by atoms with Crippen LogP contribution in [0.2, 0.25) is 0 Å². The lowest BCUT2D eigenvalue weighted by Crippen LogP contribution is -2.29. The molecule has 0 saturated carbocycles. The Kier molecular flexibility index (Phi) is 4.33. The van der Waals surface area contributed by atoms with E-state index in [4.69, 9.17) is 11.5 Å². The molecule has 0 bridgehead atoms. The third kappa shape index (κ3) is 3.35. The molecule has 0 saturated heterocycles. The van der Waals surface area contributed by atoms with Gasteiger partial charge in [-0.2, -0.15) is 0 Å². The van der Waals surface area contributed by atoms with Gasteiger partial charge in [-0.1, -0.05) is 12.1 Å². The molecule has 1 aromatic carbocycles. The Morgan fingerprint density at radius 2 is 2.00 bits per heavy atom. The van der Waals surface area contributed by atoms with Gasteiger partial charge >= 0.3 is 0 Å². The molecule has 1 aliphatic heterocycles. The Morgan fingerprint density at radius 1 is 1.36 bits per heavy atom. The maximum absolute atomic E-state index is 11.6. The van der Waals surface area contributed by atoms with E-state index in [1.54, 1.807) is 24.3 Å². The molecule has 10 heteroatoms. The van der Waals surface area contributed by atoms with Gasteiger partial charge in [0.1, 0.15) is 5.82 Å². The topological polar surface area (TPSA) is 152 Å². The van der Waals surface area contributed by atoms with Gasteiger partial charge in [0, 0.05) is 5.69 Å². The number of anilines is 1. The number of hydrazine groups is 1. The van der Waals surface area contributed by atoms with Crippen LogP contribution < -0.4 is 27.0 Å². The summed E-state index contributed by atoms with van der Waals surface area (Å²) in [5, 5.41) is 0. The van der Waals surface area contributed by atoms with Crippen LogP contribution in [0, 0.1) is 0 Å². The number of aliphatic imine (C=N–C) groups is 1. The summed E-state index contributed by atoms with van der Waals surface area (Å²) in [5.41, 5.74) is 17.7. The monoisotopic (exact) mass is 324 g/mol. The Labute approximate surface area is 127 Å². The van der Waals surface area contributed by atoms with E-state index in [0.717, 1.165) is 0 Å². The average molecular weight is 324 g/mol. The molecule has 0 aliphatic carbocycles. The average Bonchev–Trinajstić information content (AvgIpc) is 2.81. The van der Waals surface area contributed by atoms with Crippen molar-refractivity contribution in [2.75, 3.05) is 10.6 Å². The SMILES string of the molecule is C=NCS(=O)(=O)Nc1ccc(C2NNC(N)=C2C(N)=O)cc1. The quantitative estimate of drug-likeness (QED) is 0.418. The first-order valence-corrected chi connectivity index (χ1v) is 7.83. The maximum atomic E-state index is 11.6. The third-order valence-corrected chi connectivity index (χ3v) is 4.04. The summed E-state index contributed by atoms with van der Waals surface area (Å²) in [6.07, 6.45) is 0. The van der Waals surface area contributed by atoms with Crippen LogP contribution in [0.5, 0.6) is 0 Å². The molecule has 0 radical (unpaired) electrons. The molecule has 118 valence electrons. The largest absolute Gasteiger partial charge is 0.384 e. The summed E-state index contributed by atoms with van der Waals surface area (Å²) in [5.74, 6) is -0.894. The molecule has 1 heterocycles. The third-order valence-electron chi connectivity index (χ3n) is 2.97. The van der Waals surface area contributed by atoms with Gasteiger partial charge in [0.25, 0.3) is 10.0 Å². The lowest BCUT2D eigenvalue weighted by Gasteiger charge is -2.13. The zero-order valence-corrected chi connectivity index (χ0v) is 12.4. The van der Waals surface area contributed by atoms with Crippen LogP contribution in [0.3, 0.4) is 0 Å². The maximum Gasteiger partial charge on any atom is 0.253 e. The number of amides is 1. The Hall–Kier alpha value is -2.59. The fraction of sp³-hybridized carbons (Fsp3) is 0.167. The minimum absolute atomic E-state index is 0.166. The van der Waals surface area contributed by atoms with Gasteiger partial charge in [-0.25, -0.2) is 13.8 Å². The highest BCUT2D eigenvalue weighted by atomic mass is 32.2. The number of sulfonamides is 1. The second kappa shape index (κ2) is 6.03. The summed E-state index contributed by atoms with van der Waals surface area (Å²) < 4.78 is 25.5. The van der Waals surface area contributed by atoms with Gasteiger partial charge in [-0.3, -0.25) is 14.5 Å². The molecule has 1 unspecified atom stereocenters. The van der Waals surface area contributed by atoms with Crippen molar-refractivity contribution in [3.8, 4) is 0 Å². The minimum Gasteiger partial charge on any atom is -0.384 e. The zero-order chi connectivity index (χ0) is 16.3. The van der Waals surface area contributed by atoms with E-state index in [0.29, 0.717) is 11.3 Å². The predicted molar refractivity (Wildman–Crippen MR) is 82.8 cm³/mol. The highest BCUT2D eigenvalue weighted by Gasteiger charge is 2.29. The van der Waals surface area contributed by atoms with Crippen LogP contribution in [0.4, 0.5) is 5.69 Å². The van der Waals surface area contributed by atoms with E-state index in [1.807, 2.05) is 0 Å². The van der Waals surface area contributed by atoms with Crippen LogP contribution in [-0.2, 0) is 14.8 Å². The molecule has 0 spiro atoms. The van der Waals surface area contributed by atoms with Crippen molar-refractivity contribution >= 4 is 28.3 Å². The number of carbonyl (C=O) groups is 1. The van der Waals surface area contributed by atoms with Crippen molar-refractivity contribution in [1.82, 2.24) is 10.9 Å². The molecular formula is C12H16N6O3S. The summed E-state index contributed by atoms with van der Waals surface area (Å²) >= 11 is 0. The summed E-state index contributed by atoms with van der Waals surface area (Å²) in [6, 6.07) is 5.92. The fourth-order valence-corrected chi connectivity index (χ4v) is 2.85. The van der Waals surface area contributed by atoms with E-state index in [9.17, 15) is 13.2 Å². The molecule has 1 aromatic rings. The molecule has 0 aromatic heterocycles. The lowest BCUT2D eigenvalue weighted by atomic mass is 9.99. The Morgan fingerprint density at radius 3 is 2.55 bits per heavy atom. The number of primary amides is 1. The van der Waals surface area contributed by atoms with Crippen molar-refractivity contribution in [2.45, 2.75) is 6.04 Å². The number of hydrogen-bond donors (Lipinski definition) is 5. The van der Waals surface area contributed by atoms with Crippen LogP contribution in [0.15, 0.2) is 40.7 Å². The molecule has 1 amide bonds. The van der Waals surface area contributed by atoms with E-state index < -0.39 is 27.8 Å². The number of carbonyl (C=O) groups excluding carboxylic acids is 1. The van der Waals surface area contributed by atoms with E-state index >= 15 is 0 Å². The van der Waals surface area contributed by atoms with E-state index in [-0.39, 0.29) is 11.4 Å². The minimum atomic E-state index is -3.56. The van der Waals surface area contributed by atoms with Gasteiger partial charge in [-0.05, 0) is 24.4 Å². The molecule has 7 N–H and O–H groups in total. The van der Waals surface area contributed by atoms with Crippen LogP contribution in [0.1, 0.15) is 11.6 Å². The van der Waals surface area contributed by atoms with Crippen molar-refractivity contribution in [2.24, 2.45) is 16.5 Å². The van der Waals surface area contributed by atoms with Gasteiger partial charge in [0.05, 0.1) is 11.6 Å². The first kappa shape index (κ1) is 15.8. The van der Waals surface area contributed by atoms with E-state index in [1.165, 1.54) is 0 Å². The fourth-order valence-electron chi connectivity index (χ4n) is 2.05. The number of rotatable bonds is 6. The van der Waals surface area contributed by atoms with Crippen molar-refractivity contribution in [3.63, 3.8) is 0 Å². The zero-order valence-electron chi connectivity index (χ0n) is 11.5. The number of nitrogens with one attached hydrogen (secondary N) is 3. The van der Waals surface area contributed by atoms with Crippen molar-refractivity contribution < 1.29 is 13.2 Å². The number of nitrogens with two attached hydrogens (primary N) is 2. The summed E-state index contributed by atoms with van der Waals surface area (Å²) in [4.78, 5) is 14.8. The molecule has 2 rings (SSSR count). The first-order chi connectivity index (χ1) is 10.3. The smallest absolute Gasteiger partial charge is 0.253 e. The molecule has 1 atom stereocenters. The van der Waals surface area contributed by atoms with Gasteiger partial charge in [-0.15, -0.1) is 0 Å². The normalized spacial score (nSPS) is 17.9. The highest BCUT2D eigenvalue weighted by molar-refractivity contribution is 7.92. The Bertz CT molecular complexity index is 726. The highest BCUT2D eigenvalue weighted by Crippen LogP contribution is 2.26. The number of nitrogens with zero attached hydrogens (tertiary/aromatic N) is 1. The van der Waals surface area contributed by atoms with Gasteiger partial charge < -0.3 is 16.9 Å². The van der Waals surface area contributed by atoms with Gasteiger partial charge in [0.15, 0.2) is 5.88 Å². The standard InChI is InChI=1S/C12H16N6O3S/c1-15-6-22(20,21)18-8-4-2-7(3-5-8)10-9(12(14)19)11(13)17-16-10/h2-5,10,16-18H,1,6,13H2,(H2,14,19). The van der Waals surface area contributed by atoms with Crippen LogP contribution >= 0.6 is 0 Å². The lowest BCUT2D eigenvalue weighted by molar-refractivity contribution is -0.114. The van der Waals surface area contributed by atoms with Crippen molar-refractivity contribution in [3.05, 3.63) is 41.2 Å².